The van der Waals surface area contributed by atoms with Gasteiger partial charge in [-0.15, -0.1) is 11.8 Å². The van der Waals surface area contributed by atoms with Crippen molar-refractivity contribution < 1.29 is 14.7 Å². The van der Waals surface area contributed by atoms with E-state index in [-0.39, 0.29) is 18.2 Å². The van der Waals surface area contributed by atoms with Gasteiger partial charge >= 0.3 is 5.97 Å². The second-order valence-corrected chi connectivity index (χ2v) is 6.57. The molecule has 1 aliphatic rings. The number of hydrogen-bond donors (Lipinski definition) is 1. The lowest BCUT2D eigenvalue weighted by Crippen LogP contribution is -2.35. The van der Waals surface area contributed by atoms with E-state index >= 15 is 0 Å². The minimum absolute atomic E-state index is 0.0418. The number of rotatable bonds is 4. The van der Waals surface area contributed by atoms with Gasteiger partial charge < -0.3 is 10.0 Å². The van der Waals surface area contributed by atoms with E-state index in [2.05, 4.69) is 0 Å². The van der Waals surface area contributed by atoms with E-state index in [1.54, 1.807) is 17.9 Å². The molecule has 1 aromatic carbocycles. The molecule has 0 radical (unpaired) electrons. The van der Waals surface area contributed by atoms with Gasteiger partial charge in [0, 0.05) is 18.0 Å². The van der Waals surface area contributed by atoms with E-state index in [1.165, 1.54) is 11.8 Å². The summed E-state index contributed by atoms with van der Waals surface area (Å²) in [6.07, 6.45) is 0.505. The summed E-state index contributed by atoms with van der Waals surface area (Å²) in [5, 5.41) is 9.78. The van der Waals surface area contributed by atoms with Crippen LogP contribution in [0.4, 0.5) is 0 Å². The van der Waals surface area contributed by atoms with Crippen LogP contribution in [0.25, 0.3) is 0 Å². The zero-order valence-electron chi connectivity index (χ0n) is 11.1. The summed E-state index contributed by atoms with van der Waals surface area (Å²) in [5.74, 6) is -0.606. The Labute approximate surface area is 127 Å². The van der Waals surface area contributed by atoms with Crippen molar-refractivity contribution in [3.05, 3.63) is 29.3 Å². The molecule has 1 fully saturated rings. The number of halogens is 1. The summed E-state index contributed by atoms with van der Waals surface area (Å²) < 4.78 is 0. The van der Waals surface area contributed by atoms with Gasteiger partial charge in [0.25, 0.3) is 0 Å². The van der Waals surface area contributed by atoms with Gasteiger partial charge in [-0.05, 0) is 25.5 Å². The first-order chi connectivity index (χ1) is 9.42. The zero-order valence-corrected chi connectivity index (χ0v) is 12.7. The summed E-state index contributed by atoms with van der Waals surface area (Å²) in [4.78, 5) is 25.8. The molecule has 4 nitrogen and oxygen atoms in total. The highest BCUT2D eigenvalue weighted by molar-refractivity contribution is 8.00. The number of carboxylic acids is 1. The largest absolute Gasteiger partial charge is 0.481 e. The first kappa shape index (κ1) is 15.2. The molecule has 0 saturated carbocycles. The highest BCUT2D eigenvalue weighted by Gasteiger charge is 2.41. The first-order valence-electron chi connectivity index (χ1n) is 6.31. The molecule has 6 heteroatoms. The van der Waals surface area contributed by atoms with Crippen molar-refractivity contribution in [2.24, 2.45) is 5.41 Å². The van der Waals surface area contributed by atoms with Crippen LogP contribution in [0.1, 0.15) is 13.3 Å². The molecule has 1 aliphatic heterocycles. The predicted octanol–water partition coefficient (Wildman–Crippen LogP) is 2.76. The number of thioether (sulfide) groups is 1. The van der Waals surface area contributed by atoms with Gasteiger partial charge in [-0.1, -0.05) is 23.7 Å². The van der Waals surface area contributed by atoms with Crippen LogP contribution >= 0.6 is 23.4 Å². The summed E-state index contributed by atoms with van der Waals surface area (Å²) in [7, 11) is 0. The lowest BCUT2D eigenvalue weighted by Gasteiger charge is -2.20. The van der Waals surface area contributed by atoms with Crippen LogP contribution in [0, 0.1) is 5.41 Å². The molecule has 0 aromatic heterocycles. The SMILES string of the molecule is CC1(C(=O)O)CCN(C(=O)CSc2ccccc2Cl)C1. The molecule has 2 rings (SSSR count). The molecule has 1 saturated heterocycles. The van der Waals surface area contributed by atoms with E-state index in [0.29, 0.717) is 18.0 Å². The monoisotopic (exact) mass is 313 g/mol. The standard InChI is InChI=1S/C14H16ClNO3S/c1-14(13(18)19)6-7-16(9-14)12(17)8-20-11-5-3-2-4-10(11)15/h2-5H,6-9H2,1H3,(H,18,19). The third-order valence-electron chi connectivity index (χ3n) is 3.53. The fourth-order valence-corrected chi connectivity index (χ4v) is 3.28. The number of nitrogens with zero attached hydrogens (tertiary/aromatic N) is 1. The Morgan fingerprint density at radius 3 is 2.75 bits per heavy atom. The van der Waals surface area contributed by atoms with Crippen LogP contribution < -0.4 is 0 Å². The van der Waals surface area contributed by atoms with Gasteiger partial charge in [0.2, 0.25) is 5.91 Å². The molecular formula is C14H16ClNO3S. The van der Waals surface area contributed by atoms with Crippen LogP contribution in [0.2, 0.25) is 5.02 Å². The van der Waals surface area contributed by atoms with E-state index in [4.69, 9.17) is 16.7 Å². The van der Waals surface area contributed by atoms with E-state index in [9.17, 15) is 9.59 Å². The Bertz CT molecular complexity index is 537. The quantitative estimate of drug-likeness (QED) is 0.868. The van der Waals surface area contributed by atoms with Crippen molar-refractivity contribution in [3.8, 4) is 0 Å². The molecule has 1 atom stereocenters. The summed E-state index contributed by atoms with van der Waals surface area (Å²) >= 11 is 7.41. The molecule has 1 heterocycles. The average Bonchev–Trinajstić information content (AvgIpc) is 2.82. The molecule has 1 N–H and O–H groups in total. The van der Waals surface area contributed by atoms with Crippen molar-refractivity contribution in [1.29, 1.82) is 0 Å². The van der Waals surface area contributed by atoms with Crippen LogP contribution in [-0.4, -0.2) is 40.7 Å². The number of carboxylic acid groups (broad SMARTS) is 1. The summed E-state index contributed by atoms with van der Waals surface area (Å²) in [5.41, 5.74) is -0.815. The Morgan fingerprint density at radius 2 is 2.15 bits per heavy atom. The molecule has 1 amide bonds. The topological polar surface area (TPSA) is 57.6 Å². The second kappa shape index (κ2) is 6.06. The van der Waals surface area contributed by atoms with Crippen molar-refractivity contribution in [2.75, 3.05) is 18.8 Å². The average molecular weight is 314 g/mol. The van der Waals surface area contributed by atoms with Crippen molar-refractivity contribution in [3.63, 3.8) is 0 Å². The third-order valence-corrected chi connectivity index (χ3v) is 5.03. The number of amides is 1. The molecular weight excluding hydrogens is 298 g/mol. The lowest BCUT2D eigenvalue weighted by atomic mass is 9.90. The molecule has 1 aromatic rings. The number of carbonyl (C=O) groups is 2. The fourth-order valence-electron chi connectivity index (χ4n) is 2.14. The molecule has 20 heavy (non-hydrogen) atoms. The molecule has 0 aliphatic carbocycles. The maximum absolute atomic E-state index is 12.1. The molecule has 0 bridgehead atoms. The summed E-state index contributed by atoms with van der Waals surface area (Å²) in [6, 6.07) is 7.36. The number of hydrogen-bond acceptors (Lipinski definition) is 3. The Kier molecular flexibility index (Phi) is 4.60. The number of benzene rings is 1. The first-order valence-corrected chi connectivity index (χ1v) is 7.67. The van der Waals surface area contributed by atoms with Gasteiger partial charge in [-0.25, -0.2) is 0 Å². The Morgan fingerprint density at radius 1 is 1.45 bits per heavy atom. The van der Waals surface area contributed by atoms with Gasteiger partial charge in [0.05, 0.1) is 16.2 Å². The minimum atomic E-state index is -0.841. The molecule has 108 valence electrons. The zero-order chi connectivity index (χ0) is 14.8. The Balaban J connectivity index is 1.91. The van der Waals surface area contributed by atoms with Gasteiger partial charge in [0.1, 0.15) is 0 Å². The van der Waals surface area contributed by atoms with E-state index in [1.807, 2.05) is 18.2 Å². The normalized spacial score (nSPS) is 22.0. The van der Waals surface area contributed by atoms with Crippen LogP contribution in [0.5, 0.6) is 0 Å². The van der Waals surface area contributed by atoms with Crippen LogP contribution in [-0.2, 0) is 9.59 Å². The van der Waals surface area contributed by atoms with Crippen molar-refractivity contribution in [1.82, 2.24) is 4.90 Å². The number of aliphatic carboxylic acids is 1. The number of likely N-dealkylation sites (tertiary alicyclic amines) is 1. The van der Waals surface area contributed by atoms with Crippen LogP contribution in [0.3, 0.4) is 0 Å². The maximum Gasteiger partial charge on any atom is 0.311 e. The molecule has 1 unspecified atom stereocenters. The van der Waals surface area contributed by atoms with E-state index in [0.717, 1.165) is 4.90 Å². The smallest absolute Gasteiger partial charge is 0.311 e. The van der Waals surface area contributed by atoms with Gasteiger partial charge in [-0.3, -0.25) is 9.59 Å². The van der Waals surface area contributed by atoms with Gasteiger partial charge in [0.15, 0.2) is 0 Å². The number of carbonyl (C=O) groups excluding carboxylic acids is 1. The maximum atomic E-state index is 12.1. The summed E-state index contributed by atoms with van der Waals surface area (Å²) in [6.45, 7) is 2.47. The van der Waals surface area contributed by atoms with Crippen molar-refractivity contribution >= 4 is 35.2 Å². The minimum Gasteiger partial charge on any atom is -0.481 e. The molecule has 0 spiro atoms. The van der Waals surface area contributed by atoms with Gasteiger partial charge in [-0.2, -0.15) is 0 Å². The second-order valence-electron chi connectivity index (χ2n) is 5.15. The van der Waals surface area contributed by atoms with E-state index < -0.39 is 11.4 Å². The fraction of sp³-hybridized carbons (Fsp3) is 0.429. The highest BCUT2D eigenvalue weighted by atomic mass is 35.5. The van der Waals surface area contributed by atoms with Crippen LogP contribution in [0.15, 0.2) is 29.2 Å². The lowest BCUT2D eigenvalue weighted by molar-refractivity contribution is -0.147. The Hall–Kier alpha value is -1.20. The predicted molar refractivity (Wildman–Crippen MR) is 79.1 cm³/mol. The third kappa shape index (κ3) is 3.27. The highest BCUT2D eigenvalue weighted by Crippen LogP contribution is 2.32. The van der Waals surface area contributed by atoms with Crippen molar-refractivity contribution in [2.45, 2.75) is 18.2 Å².